The number of hydrogen-bond acceptors (Lipinski definition) is 7. The van der Waals surface area contributed by atoms with Crippen LogP contribution in [0, 0.1) is 17.1 Å². The maximum Gasteiger partial charge on any atom is 0.318 e. The van der Waals surface area contributed by atoms with Crippen LogP contribution in [0.15, 0.2) is 42.6 Å². The van der Waals surface area contributed by atoms with Crippen LogP contribution in [0.25, 0.3) is 32.9 Å². The van der Waals surface area contributed by atoms with Crippen molar-refractivity contribution in [3.05, 3.63) is 53.4 Å². The average Bonchev–Trinajstić information content (AvgIpc) is 2.88. The highest BCUT2D eigenvalue weighted by Gasteiger charge is 2.32. The number of alkyl halides is 1. The number of fused-ring (bicyclic) bond motifs is 2. The summed E-state index contributed by atoms with van der Waals surface area (Å²) < 4.78 is 35.5. The summed E-state index contributed by atoms with van der Waals surface area (Å²) in [6, 6.07) is 12.8. The minimum absolute atomic E-state index is 0.00243. The average molecular weight is 509 g/mol. The minimum Gasteiger partial charge on any atom is -0.467 e. The lowest BCUT2D eigenvalue weighted by atomic mass is 10.0. The summed E-state index contributed by atoms with van der Waals surface area (Å²) in [4.78, 5) is 16.8. The Hall–Kier alpha value is -3.61. The van der Waals surface area contributed by atoms with Crippen LogP contribution in [-0.2, 0) is 0 Å². The number of aromatic nitrogens is 3. The van der Waals surface area contributed by atoms with Crippen molar-refractivity contribution in [1.82, 2.24) is 19.9 Å². The van der Waals surface area contributed by atoms with Gasteiger partial charge in [-0.05, 0) is 18.4 Å². The van der Waals surface area contributed by atoms with Gasteiger partial charge in [-0.15, -0.1) is 0 Å². The highest BCUT2D eigenvalue weighted by atomic mass is 35.5. The summed E-state index contributed by atoms with van der Waals surface area (Å²) in [7, 11) is 1.41. The number of piperazine rings is 1. The summed E-state index contributed by atoms with van der Waals surface area (Å²) in [6.07, 6.45) is 0.516. The Morgan fingerprint density at radius 3 is 2.72 bits per heavy atom. The zero-order chi connectivity index (χ0) is 25.4. The number of nitrogens with zero attached hydrogens (tertiary/aromatic N) is 6. The van der Waals surface area contributed by atoms with Crippen molar-refractivity contribution in [2.75, 3.05) is 31.6 Å². The number of benzene rings is 2. The van der Waals surface area contributed by atoms with Crippen LogP contribution in [0.4, 0.5) is 14.6 Å². The Bertz CT molecular complexity index is 1490. The Morgan fingerprint density at radius 2 is 2.00 bits per heavy atom. The molecule has 4 aromatic rings. The standard InChI is InChI=1S/C26H23ClF2N6O/c1-15(28)35-12-11-34(14-17(35)9-10-30)25-19-13-31-23(22(29)24(19)32-26(33-25)36-2)18-7-3-5-16-6-4-8-20(27)21(16)18/h3-8,13,15,17H,9,11-12,14H2,1-2H3/t15?,17-/m0/s1. The monoisotopic (exact) mass is 508 g/mol. The molecule has 10 heteroatoms. The fourth-order valence-corrected chi connectivity index (χ4v) is 5.14. The van der Waals surface area contributed by atoms with E-state index in [1.165, 1.54) is 14.0 Å². The van der Waals surface area contributed by atoms with Crippen molar-refractivity contribution < 1.29 is 13.5 Å². The smallest absolute Gasteiger partial charge is 0.318 e. The van der Waals surface area contributed by atoms with E-state index in [4.69, 9.17) is 16.3 Å². The molecule has 1 fully saturated rings. The largest absolute Gasteiger partial charge is 0.467 e. The molecule has 7 nitrogen and oxygen atoms in total. The second kappa shape index (κ2) is 9.80. The van der Waals surface area contributed by atoms with Crippen molar-refractivity contribution in [2.24, 2.45) is 0 Å². The van der Waals surface area contributed by atoms with Gasteiger partial charge in [-0.2, -0.15) is 15.2 Å². The van der Waals surface area contributed by atoms with Crippen molar-refractivity contribution in [1.29, 1.82) is 5.26 Å². The van der Waals surface area contributed by atoms with Gasteiger partial charge in [-0.3, -0.25) is 9.88 Å². The molecule has 3 heterocycles. The van der Waals surface area contributed by atoms with Crippen molar-refractivity contribution in [3.8, 4) is 23.3 Å². The fraction of sp³-hybridized carbons (Fsp3) is 0.308. The van der Waals surface area contributed by atoms with Crippen LogP contribution in [0.3, 0.4) is 0 Å². The number of hydrogen-bond donors (Lipinski definition) is 0. The van der Waals surface area contributed by atoms with E-state index in [2.05, 4.69) is 21.0 Å². The number of methoxy groups -OCH3 is 1. The highest BCUT2D eigenvalue weighted by Crippen LogP contribution is 2.37. The molecule has 1 saturated heterocycles. The molecule has 0 radical (unpaired) electrons. The number of halogens is 3. The van der Waals surface area contributed by atoms with Gasteiger partial charge in [0.25, 0.3) is 0 Å². The zero-order valence-corrected chi connectivity index (χ0v) is 20.5. The minimum atomic E-state index is -1.18. The molecule has 0 aliphatic carbocycles. The first-order chi connectivity index (χ1) is 17.4. The summed E-state index contributed by atoms with van der Waals surface area (Å²) in [5.74, 6) is -0.189. The van der Waals surface area contributed by atoms with Gasteiger partial charge in [0.2, 0.25) is 0 Å². The first-order valence-corrected chi connectivity index (χ1v) is 11.9. The summed E-state index contributed by atoms with van der Waals surface area (Å²) in [5.41, 5.74) is 0.728. The lowest BCUT2D eigenvalue weighted by molar-refractivity contribution is 0.0472. The molecule has 5 rings (SSSR count). The van der Waals surface area contributed by atoms with E-state index in [0.29, 0.717) is 46.8 Å². The van der Waals surface area contributed by atoms with Crippen LogP contribution in [0.5, 0.6) is 6.01 Å². The topological polar surface area (TPSA) is 78.2 Å². The summed E-state index contributed by atoms with van der Waals surface area (Å²) in [6.45, 7) is 2.64. The van der Waals surface area contributed by atoms with E-state index in [-0.39, 0.29) is 29.7 Å². The summed E-state index contributed by atoms with van der Waals surface area (Å²) >= 11 is 6.47. The fourth-order valence-electron chi connectivity index (χ4n) is 4.85. The normalized spacial score (nSPS) is 17.3. The van der Waals surface area contributed by atoms with Gasteiger partial charge in [-0.1, -0.05) is 41.9 Å². The number of rotatable bonds is 5. The third-order valence-electron chi connectivity index (χ3n) is 6.55. The molecule has 0 spiro atoms. The predicted octanol–water partition coefficient (Wildman–Crippen LogP) is 5.37. The van der Waals surface area contributed by atoms with Gasteiger partial charge >= 0.3 is 6.01 Å². The Morgan fingerprint density at radius 1 is 1.22 bits per heavy atom. The molecular formula is C26H23ClF2N6O. The van der Waals surface area contributed by atoms with Crippen LogP contribution < -0.4 is 9.64 Å². The van der Waals surface area contributed by atoms with Gasteiger partial charge in [0.15, 0.2) is 12.1 Å². The molecule has 0 bridgehead atoms. The second-order valence-electron chi connectivity index (χ2n) is 8.63. The molecule has 0 saturated carbocycles. The molecule has 1 unspecified atom stereocenters. The Kier molecular flexibility index (Phi) is 6.56. The summed E-state index contributed by atoms with van der Waals surface area (Å²) in [5, 5.41) is 11.7. The zero-order valence-electron chi connectivity index (χ0n) is 19.8. The van der Waals surface area contributed by atoms with Gasteiger partial charge < -0.3 is 9.64 Å². The number of nitriles is 1. The lowest BCUT2D eigenvalue weighted by Gasteiger charge is -2.42. The lowest BCUT2D eigenvalue weighted by Crippen LogP contribution is -2.55. The molecule has 0 N–H and O–H groups in total. The quantitative estimate of drug-likeness (QED) is 0.335. The van der Waals surface area contributed by atoms with Crippen LogP contribution >= 0.6 is 11.6 Å². The third-order valence-corrected chi connectivity index (χ3v) is 6.86. The van der Waals surface area contributed by atoms with E-state index in [9.17, 15) is 9.65 Å². The van der Waals surface area contributed by atoms with E-state index < -0.39 is 12.1 Å². The Labute approximate surface area is 211 Å². The van der Waals surface area contributed by atoms with Crippen LogP contribution in [-0.4, -0.2) is 58.9 Å². The molecule has 2 aromatic carbocycles. The van der Waals surface area contributed by atoms with Crippen LogP contribution in [0.1, 0.15) is 13.3 Å². The molecule has 2 aromatic heterocycles. The first-order valence-electron chi connectivity index (χ1n) is 11.5. The maximum atomic E-state index is 16.1. The van der Waals surface area contributed by atoms with Gasteiger partial charge in [0, 0.05) is 47.8 Å². The number of ether oxygens (including phenoxy) is 1. The SMILES string of the molecule is COc1nc(N2CCN(C(C)F)[C@@H](CC#N)C2)c2cnc(-c3cccc4cccc(Cl)c34)c(F)c2n1. The van der Waals surface area contributed by atoms with Gasteiger partial charge in [0.1, 0.15) is 17.0 Å². The number of anilines is 1. The number of pyridine rings is 1. The van der Waals surface area contributed by atoms with Crippen molar-refractivity contribution in [2.45, 2.75) is 25.7 Å². The molecular weight excluding hydrogens is 486 g/mol. The molecule has 184 valence electrons. The molecule has 36 heavy (non-hydrogen) atoms. The van der Waals surface area contributed by atoms with Crippen LogP contribution in [0.2, 0.25) is 5.02 Å². The second-order valence-corrected chi connectivity index (χ2v) is 9.04. The highest BCUT2D eigenvalue weighted by molar-refractivity contribution is 6.36. The van der Waals surface area contributed by atoms with E-state index in [1.54, 1.807) is 23.2 Å². The van der Waals surface area contributed by atoms with Gasteiger partial charge in [-0.25, -0.2) is 8.78 Å². The van der Waals surface area contributed by atoms with Crippen molar-refractivity contribution in [3.63, 3.8) is 0 Å². The Balaban J connectivity index is 1.65. The predicted molar refractivity (Wildman–Crippen MR) is 135 cm³/mol. The molecule has 2 atom stereocenters. The van der Waals surface area contributed by atoms with Crippen molar-refractivity contribution >= 4 is 39.1 Å². The first kappa shape index (κ1) is 24.1. The molecule has 1 aliphatic rings. The molecule has 0 amide bonds. The molecule has 1 aliphatic heterocycles. The van der Waals surface area contributed by atoms with E-state index >= 15 is 4.39 Å². The third kappa shape index (κ3) is 4.16. The maximum absolute atomic E-state index is 16.1. The van der Waals surface area contributed by atoms with E-state index in [1.807, 2.05) is 29.2 Å². The van der Waals surface area contributed by atoms with Gasteiger partial charge in [0.05, 0.1) is 25.0 Å². The van der Waals surface area contributed by atoms with E-state index in [0.717, 1.165) is 5.39 Å².